The van der Waals surface area contributed by atoms with Crippen molar-refractivity contribution in [3.8, 4) is 0 Å². The standard InChI is InChI=1S/C16H22N4O2/c1-19-11-9-17-15(19)13(21)7-5-3-4-6-8-14(22)16-18-10-12-20(16)2/h9-12H,3-8H2,1-2H3. The van der Waals surface area contributed by atoms with E-state index in [-0.39, 0.29) is 11.6 Å². The van der Waals surface area contributed by atoms with Gasteiger partial charge in [0.15, 0.2) is 23.2 Å². The largest absolute Gasteiger partial charge is 0.332 e. The average Bonchev–Trinajstić information content (AvgIpc) is 3.10. The van der Waals surface area contributed by atoms with Crippen LogP contribution in [0.4, 0.5) is 0 Å². The second kappa shape index (κ2) is 7.68. The third-order valence-corrected chi connectivity index (χ3v) is 3.70. The maximum atomic E-state index is 11.9. The lowest BCUT2D eigenvalue weighted by Gasteiger charge is -2.03. The van der Waals surface area contributed by atoms with Gasteiger partial charge in [0.25, 0.3) is 0 Å². The first-order chi connectivity index (χ1) is 10.6. The second-order valence-corrected chi connectivity index (χ2v) is 5.48. The van der Waals surface area contributed by atoms with Gasteiger partial charge in [0.2, 0.25) is 0 Å². The van der Waals surface area contributed by atoms with Crippen LogP contribution in [-0.4, -0.2) is 30.7 Å². The second-order valence-electron chi connectivity index (χ2n) is 5.48. The minimum Gasteiger partial charge on any atom is -0.332 e. The summed E-state index contributed by atoms with van der Waals surface area (Å²) in [6, 6.07) is 0. The molecule has 0 aliphatic heterocycles. The quantitative estimate of drug-likeness (QED) is 0.527. The lowest BCUT2D eigenvalue weighted by Crippen LogP contribution is -2.07. The molecule has 0 amide bonds. The number of nitrogens with zero attached hydrogens (tertiary/aromatic N) is 4. The molecule has 22 heavy (non-hydrogen) atoms. The highest BCUT2D eigenvalue weighted by atomic mass is 16.1. The summed E-state index contributed by atoms with van der Waals surface area (Å²) in [6.45, 7) is 0. The van der Waals surface area contributed by atoms with Crippen LogP contribution in [0.1, 0.15) is 59.8 Å². The minimum absolute atomic E-state index is 0.0802. The van der Waals surface area contributed by atoms with Gasteiger partial charge in [-0.05, 0) is 12.8 Å². The van der Waals surface area contributed by atoms with E-state index in [2.05, 4.69) is 9.97 Å². The molecule has 0 spiro atoms. The van der Waals surface area contributed by atoms with Gasteiger partial charge in [0.1, 0.15) is 0 Å². The van der Waals surface area contributed by atoms with Crippen molar-refractivity contribution in [3.05, 3.63) is 36.4 Å². The smallest absolute Gasteiger partial charge is 0.198 e. The molecule has 6 nitrogen and oxygen atoms in total. The maximum Gasteiger partial charge on any atom is 0.198 e. The molecule has 0 N–H and O–H groups in total. The first-order valence-electron chi connectivity index (χ1n) is 7.60. The summed E-state index contributed by atoms with van der Waals surface area (Å²) in [6.07, 6.45) is 11.4. The van der Waals surface area contributed by atoms with Gasteiger partial charge < -0.3 is 9.13 Å². The van der Waals surface area contributed by atoms with E-state index in [4.69, 9.17) is 0 Å². The number of rotatable bonds is 9. The summed E-state index contributed by atoms with van der Waals surface area (Å²) in [5.41, 5.74) is 0. The molecule has 0 saturated heterocycles. The maximum absolute atomic E-state index is 11.9. The monoisotopic (exact) mass is 302 g/mol. The number of hydrogen-bond acceptors (Lipinski definition) is 4. The van der Waals surface area contributed by atoms with Gasteiger partial charge in [-0.15, -0.1) is 0 Å². The fourth-order valence-electron chi connectivity index (χ4n) is 2.42. The molecule has 0 bridgehead atoms. The predicted molar refractivity (Wildman–Crippen MR) is 82.8 cm³/mol. The van der Waals surface area contributed by atoms with E-state index in [1.54, 1.807) is 33.9 Å². The van der Waals surface area contributed by atoms with Gasteiger partial charge in [-0.1, -0.05) is 12.8 Å². The van der Waals surface area contributed by atoms with E-state index in [1.165, 1.54) is 0 Å². The molecule has 0 radical (unpaired) electrons. The first-order valence-corrected chi connectivity index (χ1v) is 7.60. The Morgan fingerprint density at radius 1 is 0.818 bits per heavy atom. The Morgan fingerprint density at radius 3 is 1.55 bits per heavy atom. The van der Waals surface area contributed by atoms with E-state index in [9.17, 15) is 9.59 Å². The Morgan fingerprint density at radius 2 is 1.23 bits per heavy atom. The molecule has 118 valence electrons. The number of ketones is 2. The van der Waals surface area contributed by atoms with Crippen LogP contribution < -0.4 is 0 Å². The van der Waals surface area contributed by atoms with Gasteiger partial charge in [-0.2, -0.15) is 0 Å². The molecular weight excluding hydrogens is 280 g/mol. The van der Waals surface area contributed by atoms with E-state index in [0.29, 0.717) is 24.5 Å². The SMILES string of the molecule is Cn1ccnc1C(=O)CCCCCCC(=O)c1nccn1C. The molecule has 0 saturated carbocycles. The molecule has 2 aromatic heterocycles. The molecule has 2 rings (SSSR count). The van der Waals surface area contributed by atoms with Gasteiger partial charge in [0.05, 0.1) is 0 Å². The van der Waals surface area contributed by atoms with Crippen molar-refractivity contribution in [3.63, 3.8) is 0 Å². The number of unbranched alkanes of at least 4 members (excludes halogenated alkanes) is 3. The molecule has 0 aliphatic rings. The van der Waals surface area contributed by atoms with Crippen LogP contribution in [0, 0.1) is 0 Å². The van der Waals surface area contributed by atoms with Crippen molar-refractivity contribution in [2.45, 2.75) is 38.5 Å². The number of imidazole rings is 2. The Hall–Kier alpha value is -2.24. The predicted octanol–water partition coefficient (Wildman–Crippen LogP) is 2.56. The van der Waals surface area contributed by atoms with Crippen molar-refractivity contribution in [2.24, 2.45) is 14.1 Å². The van der Waals surface area contributed by atoms with Crippen LogP contribution in [0.3, 0.4) is 0 Å². The van der Waals surface area contributed by atoms with Crippen molar-refractivity contribution in [2.75, 3.05) is 0 Å². The van der Waals surface area contributed by atoms with Crippen LogP contribution in [0.25, 0.3) is 0 Å². The highest BCUT2D eigenvalue weighted by Gasteiger charge is 2.11. The molecular formula is C16H22N4O2. The van der Waals surface area contributed by atoms with Gasteiger partial charge in [0, 0.05) is 51.7 Å². The summed E-state index contributed by atoms with van der Waals surface area (Å²) >= 11 is 0. The average molecular weight is 302 g/mol. The Bertz CT molecular complexity index is 586. The number of aromatic nitrogens is 4. The van der Waals surface area contributed by atoms with Crippen LogP contribution in [0.5, 0.6) is 0 Å². The zero-order valence-electron chi connectivity index (χ0n) is 13.2. The number of carbonyl (C=O) groups excluding carboxylic acids is 2. The third kappa shape index (κ3) is 4.13. The van der Waals surface area contributed by atoms with Crippen LogP contribution in [-0.2, 0) is 14.1 Å². The summed E-state index contributed by atoms with van der Waals surface area (Å²) in [5, 5.41) is 0. The molecule has 0 unspecified atom stereocenters. The molecule has 2 aromatic rings. The number of aryl methyl sites for hydroxylation is 2. The molecule has 0 atom stereocenters. The Balaban J connectivity index is 1.60. The normalized spacial score (nSPS) is 10.8. The fourth-order valence-corrected chi connectivity index (χ4v) is 2.42. The van der Waals surface area contributed by atoms with Gasteiger partial charge >= 0.3 is 0 Å². The third-order valence-electron chi connectivity index (χ3n) is 3.70. The van der Waals surface area contributed by atoms with Crippen molar-refractivity contribution in [1.82, 2.24) is 19.1 Å². The van der Waals surface area contributed by atoms with Crippen LogP contribution >= 0.6 is 0 Å². The number of Topliss-reactive ketones (excluding diaryl/α,β-unsaturated/α-hetero) is 2. The molecule has 6 heteroatoms. The van der Waals surface area contributed by atoms with Crippen molar-refractivity contribution < 1.29 is 9.59 Å². The summed E-state index contributed by atoms with van der Waals surface area (Å²) in [5.74, 6) is 1.20. The van der Waals surface area contributed by atoms with E-state index < -0.39 is 0 Å². The lowest BCUT2D eigenvalue weighted by atomic mass is 10.1. The Kier molecular flexibility index (Phi) is 5.63. The van der Waals surface area contributed by atoms with Crippen molar-refractivity contribution >= 4 is 11.6 Å². The zero-order chi connectivity index (χ0) is 15.9. The molecule has 0 aliphatic carbocycles. The fraction of sp³-hybridized carbons (Fsp3) is 0.500. The highest BCUT2D eigenvalue weighted by Crippen LogP contribution is 2.10. The summed E-state index contributed by atoms with van der Waals surface area (Å²) < 4.78 is 3.49. The zero-order valence-corrected chi connectivity index (χ0v) is 13.2. The number of hydrogen-bond donors (Lipinski definition) is 0. The minimum atomic E-state index is 0.0802. The molecule has 0 fully saturated rings. The highest BCUT2D eigenvalue weighted by molar-refractivity contribution is 5.93. The summed E-state index contributed by atoms with van der Waals surface area (Å²) in [7, 11) is 3.65. The molecule has 2 heterocycles. The van der Waals surface area contributed by atoms with Gasteiger partial charge in [-0.3, -0.25) is 9.59 Å². The van der Waals surface area contributed by atoms with Crippen molar-refractivity contribution in [1.29, 1.82) is 0 Å². The van der Waals surface area contributed by atoms with Crippen LogP contribution in [0.15, 0.2) is 24.8 Å². The van der Waals surface area contributed by atoms with E-state index in [0.717, 1.165) is 25.7 Å². The van der Waals surface area contributed by atoms with Crippen LogP contribution in [0.2, 0.25) is 0 Å². The first kappa shape index (κ1) is 16.1. The van der Waals surface area contributed by atoms with E-state index in [1.807, 2.05) is 14.1 Å². The number of carbonyl (C=O) groups is 2. The van der Waals surface area contributed by atoms with Gasteiger partial charge in [-0.25, -0.2) is 9.97 Å². The molecule has 0 aromatic carbocycles. The Labute approximate surface area is 130 Å². The lowest BCUT2D eigenvalue weighted by molar-refractivity contribution is 0.0953. The van der Waals surface area contributed by atoms with E-state index >= 15 is 0 Å². The summed E-state index contributed by atoms with van der Waals surface area (Å²) in [4.78, 5) is 31.9. The topological polar surface area (TPSA) is 69.8 Å².